The van der Waals surface area contributed by atoms with E-state index in [1.165, 1.54) is 24.3 Å². The van der Waals surface area contributed by atoms with Crippen molar-refractivity contribution in [3.05, 3.63) is 75.8 Å². The van der Waals surface area contributed by atoms with Gasteiger partial charge >= 0.3 is 5.97 Å². The van der Waals surface area contributed by atoms with Gasteiger partial charge in [-0.05, 0) is 31.4 Å². The van der Waals surface area contributed by atoms with Crippen LogP contribution >= 0.6 is 0 Å². The lowest BCUT2D eigenvalue weighted by Gasteiger charge is -2.30. The molecule has 0 N–H and O–H groups in total. The second-order valence-corrected chi connectivity index (χ2v) is 6.39. The number of nitrogens with zero attached hydrogens (tertiary/aromatic N) is 2. The van der Waals surface area contributed by atoms with Crippen LogP contribution in [0.4, 0.5) is 5.69 Å². The summed E-state index contributed by atoms with van der Waals surface area (Å²) in [7, 11) is 0. The van der Waals surface area contributed by atoms with Crippen molar-refractivity contribution >= 4 is 17.6 Å². The largest absolute Gasteiger partial charge is 0.444 e. The SMILES string of the molecule is O=C(O[C@H](C(=O)N1CCCCC1)c1ccccc1)c1ccc([N+](=O)[O-])cc1. The van der Waals surface area contributed by atoms with Crippen LogP contribution < -0.4 is 0 Å². The Bertz CT molecular complexity index is 814. The molecule has 1 atom stereocenters. The Labute approximate surface area is 156 Å². The molecule has 0 spiro atoms. The molecule has 0 saturated carbocycles. The number of hydrogen-bond acceptors (Lipinski definition) is 5. The maximum Gasteiger partial charge on any atom is 0.339 e. The first-order valence-electron chi connectivity index (χ1n) is 8.85. The average Bonchev–Trinajstić information content (AvgIpc) is 2.72. The van der Waals surface area contributed by atoms with Crippen molar-refractivity contribution in [3.63, 3.8) is 0 Å². The summed E-state index contributed by atoms with van der Waals surface area (Å²) in [5.41, 5.74) is 0.645. The molecule has 1 heterocycles. The molecule has 1 aliphatic heterocycles. The van der Waals surface area contributed by atoms with Gasteiger partial charge in [-0.2, -0.15) is 0 Å². The van der Waals surface area contributed by atoms with Crippen LogP contribution in [0.5, 0.6) is 0 Å². The van der Waals surface area contributed by atoms with E-state index in [4.69, 9.17) is 4.74 Å². The van der Waals surface area contributed by atoms with E-state index in [1.807, 2.05) is 6.07 Å². The van der Waals surface area contributed by atoms with Crippen molar-refractivity contribution < 1.29 is 19.2 Å². The van der Waals surface area contributed by atoms with Crippen LogP contribution in [0.3, 0.4) is 0 Å². The van der Waals surface area contributed by atoms with Gasteiger partial charge in [0.2, 0.25) is 6.10 Å². The summed E-state index contributed by atoms with van der Waals surface area (Å²) in [6.45, 7) is 1.30. The molecule has 3 rings (SSSR count). The standard InChI is InChI=1S/C20H20N2O5/c23-19(21-13-5-2-6-14-21)18(15-7-3-1-4-8-15)27-20(24)16-9-11-17(12-10-16)22(25)26/h1,3-4,7-12,18H,2,5-6,13-14H2/t18-/m0/s1. The number of nitro benzene ring substituents is 1. The third kappa shape index (κ3) is 4.49. The third-order valence-corrected chi connectivity index (χ3v) is 4.53. The lowest BCUT2D eigenvalue weighted by molar-refractivity contribution is -0.384. The monoisotopic (exact) mass is 368 g/mol. The van der Waals surface area contributed by atoms with Crippen molar-refractivity contribution in [2.75, 3.05) is 13.1 Å². The van der Waals surface area contributed by atoms with Gasteiger partial charge in [0.05, 0.1) is 10.5 Å². The number of esters is 1. The normalized spacial score (nSPS) is 15.0. The second kappa shape index (κ2) is 8.44. The minimum atomic E-state index is -1.04. The number of carbonyl (C=O) groups is 2. The molecule has 140 valence electrons. The van der Waals surface area contributed by atoms with Crippen molar-refractivity contribution in [3.8, 4) is 0 Å². The number of piperidine rings is 1. The number of rotatable bonds is 5. The molecular formula is C20H20N2O5. The lowest BCUT2D eigenvalue weighted by atomic mass is 10.1. The first-order valence-corrected chi connectivity index (χ1v) is 8.85. The summed E-state index contributed by atoms with van der Waals surface area (Å²) in [5.74, 6) is -0.930. The van der Waals surface area contributed by atoms with Crippen LogP contribution in [0.2, 0.25) is 0 Å². The van der Waals surface area contributed by atoms with Crippen LogP contribution in [0.15, 0.2) is 54.6 Å². The summed E-state index contributed by atoms with van der Waals surface area (Å²) in [6.07, 6.45) is 1.92. The maximum absolute atomic E-state index is 13.0. The first kappa shape index (κ1) is 18.6. The number of nitro groups is 1. The Kier molecular flexibility index (Phi) is 5.80. The molecule has 0 aromatic heterocycles. The summed E-state index contributed by atoms with van der Waals surface area (Å²) in [4.78, 5) is 37.4. The molecule has 7 heteroatoms. The Morgan fingerprint density at radius 2 is 1.59 bits per heavy atom. The van der Waals surface area contributed by atoms with Gasteiger partial charge < -0.3 is 9.64 Å². The zero-order valence-electron chi connectivity index (χ0n) is 14.7. The van der Waals surface area contributed by atoms with E-state index in [-0.39, 0.29) is 17.2 Å². The Morgan fingerprint density at radius 3 is 2.19 bits per heavy atom. The van der Waals surface area contributed by atoms with E-state index in [0.717, 1.165) is 19.3 Å². The summed E-state index contributed by atoms with van der Waals surface area (Å²) < 4.78 is 5.54. The van der Waals surface area contributed by atoms with E-state index in [0.29, 0.717) is 18.7 Å². The van der Waals surface area contributed by atoms with Crippen molar-refractivity contribution in [1.29, 1.82) is 0 Å². The van der Waals surface area contributed by atoms with Gasteiger partial charge in [-0.1, -0.05) is 30.3 Å². The highest BCUT2D eigenvalue weighted by atomic mass is 16.6. The van der Waals surface area contributed by atoms with Gasteiger partial charge in [0.1, 0.15) is 0 Å². The van der Waals surface area contributed by atoms with Crippen LogP contribution in [0.25, 0.3) is 0 Å². The fourth-order valence-electron chi connectivity index (χ4n) is 3.06. The Balaban J connectivity index is 1.81. The molecule has 1 saturated heterocycles. The number of ether oxygens (including phenoxy) is 1. The van der Waals surface area contributed by atoms with Crippen LogP contribution in [-0.4, -0.2) is 34.8 Å². The summed E-state index contributed by atoms with van der Waals surface area (Å²) in [5, 5.41) is 10.7. The zero-order chi connectivity index (χ0) is 19.2. The fraction of sp³-hybridized carbons (Fsp3) is 0.300. The lowest BCUT2D eigenvalue weighted by Crippen LogP contribution is -2.40. The van der Waals surface area contributed by atoms with E-state index < -0.39 is 17.0 Å². The van der Waals surface area contributed by atoms with Gasteiger partial charge in [0.15, 0.2) is 0 Å². The fourth-order valence-corrected chi connectivity index (χ4v) is 3.06. The third-order valence-electron chi connectivity index (χ3n) is 4.53. The predicted octanol–water partition coefficient (Wildman–Crippen LogP) is 3.51. The van der Waals surface area contributed by atoms with Gasteiger partial charge in [-0.3, -0.25) is 14.9 Å². The summed E-state index contributed by atoms with van der Waals surface area (Å²) >= 11 is 0. The van der Waals surface area contributed by atoms with Crippen molar-refractivity contribution in [2.24, 2.45) is 0 Å². The number of non-ortho nitro benzene ring substituents is 1. The molecular weight excluding hydrogens is 348 g/mol. The highest BCUT2D eigenvalue weighted by Gasteiger charge is 2.30. The molecule has 1 aliphatic rings. The second-order valence-electron chi connectivity index (χ2n) is 6.39. The Hall–Kier alpha value is -3.22. The molecule has 1 amide bonds. The number of carbonyl (C=O) groups excluding carboxylic acids is 2. The van der Waals surface area contributed by atoms with Gasteiger partial charge in [0.25, 0.3) is 11.6 Å². The van der Waals surface area contributed by atoms with Crippen LogP contribution in [0.1, 0.15) is 41.3 Å². The van der Waals surface area contributed by atoms with E-state index in [2.05, 4.69) is 0 Å². The first-order chi connectivity index (χ1) is 13.1. The molecule has 7 nitrogen and oxygen atoms in total. The zero-order valence-corrected chi connectivity index (χ0v) is 14.7. The topological polar surface area (TPSA) is 89.8 Å². The number of amides is 1. The molecule has 0 radical (unpaired) electrons. The Morgan fingerprint density at radius 1 is 0.963 bits per heavy atom. The van der Waals surface area contributed by atoms with Crippen LogP contribution in [-0.2, 0) is 9.53 Å². The number of benzene rings is 2. The highest BCUT2D eigenvalue weighted by molar-refractivity contribution is 5.93. The van der Waals surface area contributed by atoms with E-state index in [9.17, 15) is 19.7 Å². The maximum atomic E-state index is 13.0. The smallest absolute Gasteiger partial charge is 0.339 e. The summed E-state index contributed by atoms with van der Waals surface area (Å²) in [6, 6.07) is 14.0. The van der Waals surface area contributed by atoms with E-state index >= 15 is 0 Å². The van der Waals surface area contributed by atoms with Crippen molar-refractivity contribution in [1.82, 2.24) is 4.90 Å². The molecule has 1 fully saturated rings. The molecule has 0 bridgehead atoms. The molecule has 2 aromatic carbocycles. The van der Waals surface area contributed by atoms with Gasteiger partial charge in [-0.25, -0.2) is 4.79 Å². The molecule has 0 aliphatic carbocycles. The molecule has 2 aromatic rings. The van der Waals surface area contributed by atoms with Crippen molar-refractivity contribution in [2.45, 2.75) is 25.4 Å². The van der Waals surface area contributed by atoms with Crippen LogP contribution in [0, 0.1) is 10.1 Å². The van der Waals surface area contributed by atoms with Gasteiger partial charge in [0, 0.05) is 30.8 Å². The molecule has 0 unspecified atom stereocenters. The molecule has 27 heavy (non-hydrogen) atoms. The van der Waals surface area contributed by atoms with E-state index in [1.54, 1.807) is 29.2 Å². The highest BCUT2D eigenvalue weighted by Crippen LogP contribution is 2.24. The van der Waals surface area contributed by atoms with Gasteiger partial charge in [-0.15, -0.1) is 0 Å². The number of hydrogen-bond donors (Lipinski definition) is 0. The minimum Gasteiger partial charge on any atom is -0.444 e. The average molecular weight is 368 g/mol. The quantitative estimate of drug-likeness (QED) is 0.458. The number of likely N-dealkylation sites (tertiary alicyclic amines) is 1. The predicted molar refractivity (Wildman–Crippen MR) is 98.1 cm³/mol. The minimum absolute atomic E-state index is 0.115.